The first-order valence-corrected chi connectivity index (χ1v) is 13.9. The van der Waals surface area contributed by atoms with Gasteiger partial charge in [0.25, 0.3) is 10.0 Å². The highest BCUT2D eigenvalue weighted by Gasteiger charge is 2.55. The second kappa shape index (κ2) is 9.66. The molecule has 1 saturated carbocycles. The van der Waals surface area contributed by atoms with Gasteiger partial charge in [0.2, 0.25) is 11.0 Å². The molecule has 13 heteroatoms. The Bertz CT molecular complexity index is 1710. The van der Waals surface area contributed by atoms with Crippen molar-refractivity contribution >= 4 is 26.9 Å². The Labute approximate surface area is 226 Å². The van der Waals surface area contributed by atoms with Gasteiger partial charge in [-0.25, -0.2) is 12.8 Å². The molecule has 1 aromatic carbocycles. The molecule has 2 aliphatic rings. The molecule has 4 heterocycles. The smallest absolute Gasteiger partial charge is 0.417 e. The molecule has 0 radical (unpaired) electrons. The van der Waals surface area contributed by atoms with Gasteiger partial charge in [0, 0.05) is 35.5 Å². The Morgan fingerprint density at radius 2 is 1.90 bits per heavy atom. The van der Waals surface area contributed by atoms with E-state index in [1.807, 2.05) is 0 Å². The number of aromatic nitrogens is 2. The minimum absolute atomic E-state index is 0.0288. The number of amides is 1. The van der Waals surface area contributed by atoms with E-state index in [0.29, 0.717) is 41.6 Å². The molecular weight excluding hydrogens is 552 g/mol. The first-order valence-electron chi connectivity index (χ1n) is 12.5. The quantitative estimate of drug-likeness (QED) is 0.329. The van der Waals surface area contributed by atoms with E-state index in [1.165, 1.54) is 40.8 Å². The summed E-state index contributed by atoms with van der Waals surface area (Å²) in [5.41, 5.74) is 0.596. The van der Waals surface area contributed by atoms with Gasteiger partial charge in [-0.15, -0.1) is 0 Å². The van der Waals surface area contributed by atoms with Crippen molar-refractivity contribution in [2.24, 2.45) is 5.92 Å². The molecule has 1 aliphatic carbocycles. The van der Waals surface area contributed by atoms with Crippen molar-refractivity contribution in [3.63, 3.8) is 0 Å². The molecule has 1 saturated heterocycles. The average Bonchev–Trinajstić information content (AvgIpc) is 3.66. The Morgan fingerprint density at radius 1 is 1.07 bits per heavy atom. The van der Waals surface area contributed by atoms with E-state index in [4.69, 9.17) is 4.42 Å². The van der Waals surface area contributed by atoms with Crippen LogP contribution in [0.3, 0.4) is 0 Å². The third-order valence-corrected chi connectivity index (χ3v) is 9.22. The van der Waals surface area contributed by atoms with Crippen LogP contribution in [0.2, 0.25) is 0 Å². The molecule has 4 aromatic rings. The number of nitrogens with zero attached hydrogens (tertiary/aromatic N) is 3. The third kappa shape index (κ3) is 4.73. The molecule has 3 aromatic heterocycles. The topological polar surface area (TPSA) is 105 Å². The SMILES string of the molecule is O=C(NCc1cc(-c2ccc(C(F)(F)F)cn2)ccn1)[C@@H]1[C@H]2CC[C@H](C2)N1S(=O)(=O)c1cc2cc(F)ccc2o1. The maximum Gasteiger partial charge on any atom is 0.417 e. The van der Waals surface area contributed by atoms with E-state index >= 15 is 0 Å². The van der Waals surface area contributed by atoms with Crippen LogP contribution in [0.4, 0.5) is 17.6 Å². The van der Waals surface area contributed by atoms with Crippen LogP contribution in [-0.4, -0.2) is 40.7 Å². The third-order valence-electron chi connectivity index (χ3n) is 7.43. The monoisotopic (exact) mass is 574 g/mol. The molecule has 8 nitrogen and oxygen atoms in total. The highest BCUT2D eigenvalue weighted by atomic mass is 32.2. The van der Waals surface area contributed by atoms with E-state index in [-0.39, 0.29) is 29.2 Å². The summed E-state index contributed by atoms with van der Waals surface area (Å²) in [7, 11) is -4.20. The van der Waals surface area contributed by atoms with Gasteiger partial charge in [0.1, 0.15) is 17.4 Å². The fourth-order valence-electron chi connectivity index (χ4n) is 5.59. The average molecular weight is 575 g/mol. The summed E-state index contributed by atoms with van der Waals surface area (Å²) in [5.74, 6) is -1.18. The number of fused-ring (bicyclic) bond motifs is 3. The Kier molecular flexibility index (Phi) is 6.37. The molecule has 0 spiro atoms. The zero-order valence-corrected chi connectivity index (χ0v) is 21.5. The van der Waals surface area contributed by atoms with Crippen molar-refractivity contribution in [3.05, 3.63) is 78.0 Å². The molecule has 1 N–H and O–H groups in total. The molecule has 0 unspecified atom stereocenters. The van der Waals surface area contributed by atoms with Crippen LogP contribution < -0.4 is 5.32 Å². The van der Waals surface area contributed by atoms with Crippen molar-refractivity contribution in [1.82, 2.24) is 19.6 Å². The van der Waals surface area contributed by atoms with Crippen molar-refractivity contribution in [2.45, 2.75) is 49.2 Å². The van der Waals surface area contributed by atoms with Crippen molar-refractivity contribution in [3.8, 4) is 11.3 Å². The number of carbonyl (C=O) groups excluding carboxylic acids is 1. The number of piperidine rings is 1. The lowest BCUT2D eigenvalue weighted by atomic mass is 9.99. The lowest BCUT2D eigenvalue weighted by Crippen LogP contribution is -2.52. The van der Waals surface area contributed by atoms with Crippen LogP contribution in [-0.2, 0) is 27.5 Å². The van der Waals surface area contributed by atoms with Crippen LogP contribution in [0.25, 0.3) is 22.2 Å². The Morgan fingerprint density at radius 3 is 2.65 bits per heavy atom. The summed E-state index contributed by atoms with van der Waals surface area (Å²) in [4.78, 5) is 21.5. The summed E-state index contributed by atoms with van der Waals surface area (Å²) < 4.78 is 86.2. The first kappa shape index (κ1) is 26.4. The second-order valence-electron chi connectivity index (χ2n) is 9.94. The van der Waals surface area contributed by atoms with E-state index in [1.54, 1.807) is 12.1 Å². The summed E-state index contributed by atoms with van der Waals surface area (Å²) >= 11 is 0. The second-order valence-corrected chi connectivity index (χ2v) is 11.7. The van der Waals surface area contributed by atoms with Crippen LogP contribution in [0.15, 0.2) is 70.4 Å². The van der Waals surface area contributed by atoms with E-state index in [0.717, 1.165) is 12.3 Å². The molecule has 2 fully saturated rings. The number of alkyl halides is 3. The van der Waals surface area contributed by atoms with Crippen LogP contribution >= 0.6 is 0 Å². The van der Waals surface area contributed by atoms with E-state index < -0.39 is 39.5 Å². The van der Waals surface area contributed by atoms with Gasteiger partial charge < -0.3 is 9.73 Å². The lowest BCUT2D eigenvalue weighted by Gasteiger charge is -2.32. The first-order chi connectivity index (χ1) is 19.0. The van der Waals surface area contributed by atoms with Gasteiger partial charge in [-0.3, -0.25) is 14.8 Å². The van der Waals surface area contributed by atoms with Gasteiger partial charge >= 0.3 is 6.18 Å². The molecule has 208 valence electrons. The molecule has 1 amide bonds. The van der Waals surface area contributed by atoms with Crippen molar-refractivity contribution in [1.29, 1.82) is 0 Å². The molecule has 2 bridgehead atoms. The number of pyridine rings is 2. The summed E-state index contributed by atoms with van der Waals surface area (Å²) in [6.45, 7) is -0.0288. The highest BCUT2D eigenvalue weighted by Crippen LogP contribution is 2.46. The zero-order chi connectivity index (χ0) is 28.2. The summed E-state index contributed by atoms with van der Waals surface area (Å²) in [5, 5.41) is 2.72. The van der Waals surface area contributed by atoms with Crippen LogP contribution in [0.5, 0.6) is 0 Å². The Hall–Kier alpha value is -3.84. The number of benzene rings is 1. The zero-order valence-electron chi connectivity index (χ0n) is 20.7. The maximum absolute atomic E-state index is 13.6. The highest BCUT2D eigenvalue weighted by molar-refractivity contribution is 7.89. The lowest BCUT2D eigenvalue weighted by molar-refractivity contribution is -0.137. The number of furan rings is 1. The molecular formula is C27H22F4N4O4S. The molecule has 1 aliphatic heterocycles. The number of halogens is 4. The van der Waals surface area contributed by atoms with Gasteiger partial charge in [-0.05, 0) is 67.6 Å². The normalized spacial score (nSPS) is 21.2. The maximum atomic E-state index is 13.6. The van der Waals surface area contributed by atoms with Crippen LogP contribution in [0, 0.1) is 11.7 Å². The number of nitrogens with one attached hydrogen (secondary N) is 1. The Balaban J connectivity index is 1.20. The fourth-order valence-corrected chi connectivity index (χ4v) is 7.42. The number of hydrogen-bond acceptors (Lipinski definition) is 6. The summed E-state index contributed by atoms with van der Waals surface area (Å²) in [6, 6.07) is 9.04. The molecule has 3 atom stereocenters. The van der Waals surface area contributed by atoms with Gasteiger partial charge in [0.05, 0.1) is 23.5 Å². The van der Waals surface area contributed by atoms with Crippen molar-refractivity contribution in [2.75, 3.05) is 0 Å². The largest absolute Gasteiger partial charge is 0.443 e. The number of sulfonamides is 1. The fraction of sp³-hybridized carbons (Fsp3) is 0.296. The van der Waals surface area contributed by atoms with Crippen molar-refractivity contribution < 1.29 is 35.2 Å². The standard InChI is InChI=1S/C27H22F4N4O4S/c28-19-3-6-23-17(9-19)12-24(39-23)40(37,38)35-21-4-1-16(11-21)25(35)26(36)34-14-20-10-15(7-8-32-20)22-5-2-18(13-33-22)27(29,30)31/h2-3,5-10,12-13,16,21,25H,1,4,11,14H2,(H,34,36)/t16-,21+,25-/m0/s1. The minimum atomic E-state index is -4.50. The minimum Gasteiger partial charge on any atom is -0.443 e. The molecule has 40 heavy (non-hydrogen) atoms. The predicted molar refractivity (Wildman–Crippen MR) is 134 cm³/mol. The van der Waals surface area contributed by atoms with Gasteiger partial charge in [-0.2, -0.15) is 17.5 Å². The summed E-state index contributed by atoms with van der Waals surface area (Å²) in [6.07, 6.45) is -0.434. The predicted octanol–water partition coefficient (Wildman–Crippen LogP) is 4.91. The van der Waals surface area contributed by atoms with Gasteiger partial charge in [-0.1, -0.05) is 0 Å². The number of rotatable bonds is 6. The van der Waals surface area contributed by atoms with Crippen LogP contribution in [0.1, 0.15) is 30.5 Å². The molecule has 6 rings (SSSR count). The number of carbonyl (C=O) groups is 1. The van der Waals surface area contributed by atoms with Gasteiger partial charge in [0.15, 0.2) is 0 Å². The van der Waals surface area contributed by atoms with E-state index in [9.17, 15) is 30.8 Å². The van der Waals surface area contributed by atoms with E-state index in [2.05, 4.69) is 15.3 Å². The number of hydrogen-bond donors (Lipinski definition) is 1.